The van der Waals surface area contributed by atoms with Crippen LogP contribution in [0.4, 0.5) is 17.5 Å². The first-order valence-electron chi connectivity index (χ1n) is 13.5. The lowest BCUT2D eigenvalue weighted by molar-refractivity contribution is 0.0949. The molecular weight excluding hydrogens is 482 g/mol. The highest BCUT2D eigenvalue weighted by atomic mass is 16.5. The summed E-state index contributed by atoms with van der Waals surface area (Å²) in [4.78, 5) is 41.4. The van der Waals surface area contributed by atoms with Gasteiger partial charge in [-0.15, -0.1) is 0 Å². The van der Waals surface area contributed by atoms with Crippen molar-refractivity contribution < 1.29 is 14.3 Å². The fourth-order valence-corrected chi connectivity index (χ4v) is 5.76. The predicted octanol–water partition coefficient (Wildman–Crippen LogP) is 4.72. The first kappa shape index (κ1) is 24.4. The zero-order valence-electron chi connectivity index (χ0n) is 22.0. The van der Waals surface area contributed by atoms with Crippen LogP contribution in [0.2, 0.25) is 0 Å². The van der Waals surface area contributed by atoms with E-state index in [2.05, 4.69) is 32.4 Å². The minimum Gasteiger partial charge on any atom is -0.495 e. The molecule has 1 aliphatic heterocycles. The second-order valence-corrected chi connectivity index (χ2v) is 10.4. The number of carbonyl (C=O) groups is 2. The van der Waals surface area contributed by atoms with Crippen LogP contribution < -0.4 is 20.3 Å². The zero-order valence-corrected chi connectivity index (χ0v) is 22.0. The van der Waals surface area contributed by atoms with Crippen LogP contribution in [0.25, 0.3) is 5.69 Å². The lowest BCUT2D eigenvalue weighted by atomic mass is 9.99. The average Bonchev–Trinajstić information content (AvgIpc) is 3.37. The van der Waals surface area contributed by atoms with Gasteiger partial charge in [-0.05, 0) is 50.3 Å². The summed E-state index contributed by atoms with van der Waals surface area (Å²) in [6.07, 6.45) is 10.9. The largest absolute Gasteiger partial charge is 0.495 e. The number of hydrogen-bond acceptors (Lipinski definition) is 8. The Morgan fingerprint density at radius 2 is 1.92 bits per heavy atom. The van der Waals surface area contributed by atoms with Crippen LogP contribution >= 0.6 is 0 Å². The molecule has 2 aliphatic carbocycles. The second-order valence-electron chi connectivity index (χ2n) is 10.4. The van der Waals surface area contributed by atoms with E-state index in [4.69, 9.17) is 9.72 Å². The van der Waals surface area contributed by atoms with Gasteiger partial charge >= 0.3 is 0 Å². The van der Waals surface area contributed by atoms with Gasteiger partial charge in [0, 0.05) is 24.6 Å². The molecule has 198 valence electrons. The fourth-order valence-electron chi connectivity index (χ4n) is 5.76. The second kappa shape index (κ2) is 9.74. The minimum absolute atomic E-state index is 0.00597. The van der Waals surface area contributed by atoms with E-state index in [1.807, 2.05) is 10.6 Å². The van der Waals surface area contributed by atoms with E-state index in [0.29, 0.717) is 34.7 Å². The van der Waals surface area contributed by atoms with E-state index in [-0.39, 0.29) is 23.8 Å². The van der Waals surface area contributed by atoms with E-state index in [1.54, 1.807) is 38.7 Å². The number of rotatable bonds is 8. The molecule has 38 heavy (non-hydrogen) atoms. The molecule has 0 spiro atoms. The first-order chi connectivity index (χ1) is 18.5. The molecule has 0 unspecified atom stereocenters. The van der Waals surface area contributed by atoms with E-state index in [9.17, 15) is 9.59 Å². The number of ketones is 1. The van der Waals surface area contributed by atoms with Crippen molar-refractivity contribution in [2.24, 2.45) is 0 Å². The van der Waals surface area contributed by atoms with Crippen LogP contribution in [0.15, 0.2) is 30.7 Å². The maximum atomic E-state index is 12.5. The van der Waals surface area contributed by atoms with Crippen molar-refractivity contribution in [2.45, 2.75) is 76.9 Å². The van der Waals surface area contributed by atoms with Crippen molar-refractivity contribution >= 4 is 29.1 Å². The summed E-state index contributed by atoms with van der Waals surface area (Å²) < 4.78 is 7.57. The molecule has 1 atom stereocenters. The normalized spacial score (nSPS) is 18.6. The quantitative estimate of drug-likeness (QED) is 0.414. The van der Waals surface area contributed by atoms with Gasteiger partial charge < -0.3 is 20.3 Å². The summed E-state index contributed by atoms with van der Waals surface area (Å²) in [6, 6.07) is 5.95. The molecule has 0 bridgehead atoms. The summed E-state index contributed by atoms with van der Waals surface area (Å²) >= 11 is 0. The van der Waals surface area contributed by atoms with Gasteiger partial charge in [-0.25, -0.2) is 9.97 Å². The Morgan fingerprint density at radius 3 is 2.61 bits per heavy atom. The Morgan fingerprint density at radius 1 is 1.13 bits per heavy atom. The Kier molecular flexibility index (Phi) is 6.25. The molecule has 3 aromatic rings. The highest BCUT2D eigenvalue weighted by molar-refractivity contribution is 5.96. The number of anilines is 3. The van der Waals surface area contributed by atoms with E-state index >= 15 is 0 Å². The van der Waals surface area contributed by atoms with Crippen molar-refractivity contribution in [3.05, 3.63) is 47.7 Å². The molecule has 3 aliphatic rings. The number of Topliss-reactive ketones (excluding diaryl/α,β-unsaturated/α-hetero) is 1. The molecule has 0 saturated heterocycles. The SMILES string of the molecule is CC[C@@H]1c2c(C(C)=O)ncn2-c2cnc(Nc3ccc(C(=O)NC4CC4)cc3OC)nc2N1C1CCCC1. The number of ether oxygens (including phenoxy) is 1. The van der Waals surface area contributed by atoms with Gasteiger partial charge in [0.05, 0.1) is 30.7 Å². The number of hydrogen-bond donors (Lipinski definition) is 2. The van der Waals surface area contributed by atoms with Crippen molar-refractivity contribution in [3.63, 3.8) is 0 Å². The third-order valence-electron chi connectivity index (χ3n) is 7.77. The van der Waals surface area contributed by atoms with Crippen molar-refractivity contribution in [1.29, 1.82) is 0 Å². The van der Waals surface area contributed by atoms with E-state index in [0.717, 1.165) is 49.3 Å². The van der Waals surface area contributed by atoms with Gasteiger partial charge in [-0.1, -0.05) is 19.8 Å². The molecule has 2 fully saturated rings. The zero-order chi connectivity index (χ0) is 26.4. The maximum absolute atomic E-state index is 12.5. The maximum Gasteiger partial charge on any atom is 0.251 e. The standard InChI is InChI=1S/C28H33N7O3/c1-4-21-25-24(16(2)36)30-15-34(25)22-14-29-28(33-26(22)35(21)19-7-5-6-8-19)32-20-12-9-17(13-23(20)38-3)27(37)31-18-10-11-18/h9,12-15,18-19,21H,4-8,10-11H2,1-3H3,(H,31,37)(H,29,32,33)/t21-/m1/s1. The Hall–Kier alpha value is -3.95. The number of fused-ring (bicyclic) bond motifs is 3. The van der Waals surface area contributed by atoms with E-state index in [1.165, 1.54) is 12.8 Å². The fraction of sp³-hybridized carbons (Fsp3) is 0.464. The third-order valence-corrected chi connectivity index (χ3v) is 7.77. The van der Waals surface area contributed by atoms with E-state index < -0.39 is 0 Å². The molecule has 3 heterocycles. The number of methoxy groups -OCH3 is 1. The van der Waals surface area contributed by atoms with Crippen molar-refractivity contribution in [3.8, 4) is 11.4 Å². The molecule has 10 heteroatoms. The first-order valence-corrected chi connectivity index (χ1v) is 13.5. The van der Waals surface area contributed by atoms with Crippen molar-refractivity contribution in [1.82, 2.24) is 24.8 Å². The van der Waals surface area contributed by atoms with Gasteiger partial charge in [0.2, 0.25) is 5.95 Å². The van der Waals surface area contributed by atoms with Gasteiger partial charge in [-0.2, -0.15) is 4.98 Å². The van der Waals surface area contributed by atoms with Crippen LogP contribution in [0.3, 0.4) is 0 Å². The molecule has 2 saturated carbocycles. The number of imidazole rings is 1. The summed E-state index contributed by atoms with van der Waals surface area (Å²) in [6.45, 7) is 3.72. The van der Waals surface area contributed by atoms with Gasteiger partial charge in [0.1, 0.15) is 23.5 Å². The van der Waals surface area contributed by atoms with Crippen LogP contribution in [-0.2, 0) is 0 Å². The summed E-state index contributed by atoms with van der Waals surface area (Å²) in [7, 11) is 1.58. The minimum atomic E-state index is -0.0961. The van der Waals surface area contributed by atoms with Crippen LogP contribution in [0.1, 0.15) is 91.4 Å². The highest BCUT2D eigenvalue weighted by Crippen LogP contribution is 2.44. The van der Waals surface area contributed by atoms with Gasteiger partial charge in [-0.3, -0.25) is 14.2 Å². The summed E-state index contributed by atoms with van der Waals surface area (Å²) in [5, 5.41) is 6.31. The topological polar surface area (TPSA) is 114 Å². The number of benzene rings is 1. The molecule has 10 nitrogen and oxygen atoms in total. The third kappa shape index (κ3) is 4.27. The lowest BCUT2D eigenvalue weighted by Crippen LogP contribution is -2.42. The Balaban J connectivity index is 1.37. The van der Waals surface area contributed by atoms with Crippen LogP contribution in [0, 0.1) is 0 Å². The molecular formula is C28H33N7O3. The molecule has 1 aromatic carbocycles. The smallest absolute Gasteiger partial charge is 0.251 e. The molecule has 2 aromatic heterocycles. The molecule has 6 rings (SSSR count). The van der Waals surface area contributed by atoms with Crippen molar-refractivity contribution in [2.75, 3.05) is 17.3 Å². The number of carbonyl (C=O) groups excluding carboxylic acids is 2. The molecule has 0 radical (unpaired) electrons. The summed E-state index contributed by atoms with van der Waals surface area (Å²) in [5.41, 5.74) is 3.49. The lowest BCUT2D eigenvalue weighted by Gasteiger charge is -2.42. The number of amides is 1. The van der Waals surface area contributed by atoms with Crippen LogP contribution in [0.5, 0.6) is 5.75 Å². The highest BCUT2D eigenvalue weighted by Gasteiger charge is 2.40. The molecule has 1 amide bonds. The summed E-state index contributed by atoms with van der Waals surface area (Å²) in [5.74, 6) is 1.68. The number of aromatic nitrogens is 4. The van der Waals surface area contributed by atoms with Crippen LogP contribution in [-0.4, -0.2) is 50.4 Å². The molecule has 2 N–H and O–H groups in total. The average molecular weight is 516 g/mol. The number of nitrogens with zero attached hydrogens (tertiary/aromatic N) is 5. The number of nitrogens with one attached hydrogen (secondary N) is 2. The Labute approximate surface area is 221 Å². The monoisotopic (exact) mass is 515 g/mol. The van der Waals surface area contributed by atoms with Gasteiger partial charge in [0.25, 0.3) is 5.91 Å². The Bertz CT molecular complexity index is 1390. The predicted molar refractivity (Wildman–Crippen MR) is 144 cm³/mol. The van der Waals surface area contributed by atoms with Gasteiger partial charge in [0.15, 0.2) is 11.6 Å².